The van der Waals surface area contributed by atoms with Crippen LogP contribution in [0.25, 0.3) is 0 Å². The van der Waals surface area contributed by atoms with Gasteiger partial charge in [-0.3, -0.25) is 0 Å². The van der Waals surface area contributed by atoms with E-state index in [1.807, 2.05) is 12.1 Å². The molecule has 3 aliphatic heterocycles. The molecule has 0 bridgehead atoms. The van der Waals surface area contributed by atoms with Crippen molar-refractivity contribution in [2.24, 2.45) is 0 Å². The third-order valence-corrected chi connectivity index (χ3v) is 10.6. The van der Waals surface area contributed by atoms with Crippen LogP contribution in [-0.4, -0.2) is 17.2 Å². The van der Waals surface area contributed by atoms with E-state index < -0.39 is 12.5 Å². The molecule has 2 N–H and O–H groups in total. The van der Waals surface area contributed by atoms with Gasteiger partial charge in [0.25, 0.3) is 0 Å². The fraction of sp³-hybridized carbons (Fsp3) is 0.231. The molecule has 0 atom stereocenters. The molecule has 3 heterocycles. The number of benzene rings is 5. The van der Waals surface area contributed by atoms with Gasteiger partial charge in [0.15, 0.2) is 0 Å². The molecular formula is C39H37BN2O2. The van der Waals surface area contributed by atoms with E-state index in [1.165, 1.54) is 39.3 Å². The molecule has 4 nitrogen and oxygen atoms in total. The molecule has 0 aromatic heterocycles. The van der Waals surface area contributed by atoms with Crippen LogP contribution in [0.4, 0.5) is 34.1 Å². The first kappa shape index (κ1) is 27.2. The smallest absolute Gasteiger partial charge is 0.423 e. The van der Waals surface area contributed by atoms with Gasteiger partial charge in [0.05, 0.1) is 17.1 Å². The molecule has 0 fully saturated rings. The number of nitrogens with zero attached hydrogens (tertiary/aromatic N) is 2. The summed E-state index contributed by atoms with van der Waals surface area (Å²) in [5.41, 5.74) is 13.9. The van der Waals surface area contributed by atoms with Crippen molar-refractivity contribution in [2.45, 2.75) is 57.8 Å². The molecule has 0 radical (unpaired) electrons. The minimum absolute atomic E-state index is 0.261. The van der Waals surface area contributed by atoms with Crippen molar-refractivity contribution < 1.29 is 10.0 Å². The second-order valence-electron chi connectivity index (χ2n) is 14.1. The minimum atomic E-state index is -1.55. The maximum atomic E-state index is 10.5. The fourth-order valence-corrected chi connectivity index (χ4v) is 8.11. The van der Waals surface area contributed by atoms with Crippen molar-refractivity contribution >= 4 is 46.7 Å². The fourth-order valence-electron chi connectivity index (χ4n) is 8.11. The molecule has 0 saturated carbocycles. The molecule has 8 rings (SSSR count). The van der Waals surface area contributed by atoms with E-state index in [4.69, 9.17) is 0 Å². The van der Waals surface area contributed by atoms with Crippen molar-refractivity contribution in [1.29, 1.82) is 0 Å². The highest BCUT2D eigenvalue weighted by Gasteiger charge is 2.52. The van der Waals surface area contributed by atoms with E-state index >= 15 is 0 Å². The van der Waals surface area contributed by atoms with Crippen LogP contribution in [0, 0.1) is 0 Å². The Morgan fingerprint density at radius 1 is 0.477 bits per heavy atom. The third kappa shape index (κ3) is 3.43. The van der Waals surface area contributed by atoms with Crippen LogP contribution >= 0.6 is 0 Å². The van der Waals surface area contributed by atoms with Gasteiger partial charge in [-0.05, 0) is 75.2 Å². The standard InChI is InChI=1S/C39H37BN2O2/c1-37(2)28-18-13-19-29-34(28)42-35-30(37)20-24(40(43)44)21-31(35)39(5,6)33-23-27(22-32(36(33)42)38(29,3)4)41(25-14-9-7-10-15-25)26-16-11-8-12-17-26/h7-23,43-44H,1-6H3. The van der Waals surface area contributed by atoms with Gasteiger partial charge in [0.1, 0.15) is 0 Å². The van der Waals surface area contributed by atoms with Crippen molar-refractivity contribution in [3.8, 4) is 0 Å². The lowest BCUT2D eigenvalue weighted by Gasteiger charge is -2.55. The maximum Gasteiger partial charge on any atom is 0.488 e. The molecule has 5 aromatic rings. The van der Waals surface area contributed by atoms with Crippen LogP contribution in [-0.2, 0) is 16.2 Å². The first-order valence-electron chi connectivity index (χ1n) is 15.5. The maximum absolute atomic E-state index is 10.5. The van der Waals surface area contributed by atoms with E-state index in [-0.39, 0.29) is 10.8 Å². The Bertz CT molecular complexity index is 1940. The third-order valence-electron chi connectivity index (χ3n) is 10.6. The van der Waals surface area contributed by atoms with Crippen molar-refractivity contribution in [3.05, 3.63) is 137 Å². The summed E-state index contributed by atoms with van der Waals surface area (Å²) in [6, 6.07) is 36.7. The van der Waals surface area contributed by atoms with Gasteiger partial charge in [0, 0.05) is 33.3 Å². The lowest BCUT2D eigenvalue weighted by molar-refractivity contribution is 0.425. The zero-order valence-electron chi connectivity index (χ0n) is 26.2. The topological polar surface area (TPSA) is 46.9 Å². The predicted molar refractivity (Wildman–Crippen MR) is 182 cm³/mol. The van der Waals surface area contributed by atoms with Crippen LogP contribution in [0.15, 0.2) is 103 Å². The molecule has 218 valence electrons. The van der Waals surface area contributed by atoms with Gasteiger partial charge in [-0.25, -0.2) is 0 Å². The van der Waals surface area contributed by atoms with Gasteiger partial charge in [-0.2, -0.15) is 0 Å². The summed E-state index contributed by atoms with van der Waals surface area (Å²) in [6.07, 6.45) is 0. The first-order chi connectivity index (χ1) is 20.9. The zero-order chi connectivity index (χ0) is 30.8. The highest BCUT2D eigenvalue weighted by atomic mass is 16.4. The Kier molecular flexibility index (Phi) is 5.50. The van der Waals surface area contributed by atoms with Gasteiger partial charge in [-0.15, -0.1) is 0 Å². The van der Waals surface area contributed by atoms with E-state index in [0.29, 0.717) is 5.46 Å². The average Bonchev–Trinajstić information content (AvgIpc) is 3.01. The van der Waals surface area contributed by atoms with Crippen LogP contribution in [0.5, 0.6) is 0 Å². The monoisotopic (exact) mass is 576 g/mol. The minimum Gasteiger partial charge on any atom is -0.423 e. The number of anilines is 6. The predicted octanol–water partition coefficient (Wildman–Crippen LogP) is 8.22. The van der Waals surface area contributed by atoms with E-state index in [0.717, 1.165) is 28.2 Å². The second-order valence-corrected chi connectivity index (χ2v) is 14.1. The molecule has 0 unspecified atom stereocenters. The van der Waals surface area contributed by atoms with Gasteiger partial charge < -0.3 is 19.8 Å². The normalized spacial score (nSPS) is 17.1. The molecule has 5 heteroatoms. The molecule has 0 aliphatic carbocycles. The molecule has 0 saturated heterocycles. The van der Waals surface area contributed by atoms with Crippen molar-refractivity contribution in [3.63, 3.8) is 0 Å². The Hall–Kier alpha value is -4.32. The summed E-state index contributed by atoms with van der Waals surface area (Å²) in [7, 11) is -1.55. The Morgan fingerprint density at radius 3 is 1.30 bits per heavy atom. The summed E-state index contributed by atoms with van der Waals surface area (Å²) in [5.74, 6) is 0. The quantitative estimate of drug-likeness (QED) is 0.212. The molecule has 3 aliphatic rings. The highest BCUT2D eigenvalue weighted by Crippen LogP contribution is 2.66. The summed E-state index contributed by atoms with van der Waals surface area (Å²) in [4.78, 5) is 4.86. The van der Waals surface area contributed by atoms with Crippen molar-refractivity contribution in [2.75, 3.05) is 9.80 Å². The number of hydrogen-bond acceptors (Lipinski definition) is 4. The average molecular weight is 577 g/mol. The lowest BCUT2D eigenvalue weighted by atomic mass is 9.59. The van der Waals surface area contributed by atoms with E-state index in [2.05, 4.69) is 142 Å². The Balaban J connectivity index is 1.51. The van der Waals surface area contributed by atoms with Crippen molar-refractivity contribution in [1.82, 2.24) is 0 Å². The molecular weight excluding hydrogens is 539 g/mol. The van der Waals surface area contributed by atoms with Gasteiger partial charge in [0.2, 0.25) is 0 Å². The van der Waals surface area contributed by atoms with Gasteiger partial charge >= 0.3 is 7.12 Å². The molecule has 44 heavy (non-hydrogen) atoms. The van der Waals surface area contributed by atoms with Gasteiger partial charge in [-0.1, -0.05) is 108 Å². The SMILES string of the molecule is CC1(C)c2cccc3c2N2c4c1cc(B(O)O)cc4C(C)(C)c1cc(N(c4ccccc4)c4ccccc4)cc(c12)C3(C)C. The van der Waals surface area contributed by atoms with E-state index in [9.17, 15) is 10.0 Å². The first-order valence-corrected chi connectivity index (χ1v) is 15.5. The number of hydrogen-bond donors (Lipinski definition) is 2. The second kappa shape index (κ2) is 8.87. The number of para-hydroxylation sites is 3. The Labute approximate surface area is 260 Å². The van der Waals surface area contributed by atoms with Crippen LogP contribution in [0.2, 0.25) is 0 Å². The summed E-state index contributed by atoms with van der Waals surface area (Å²) in [6.45, 7) is 13.9. The zero-order valence-corrected chi connectivity index (χ0v) is 26.2. The molecule has 5 aromatic carbocycles. The molecule has 0 amide bonds. The highest BCUT2D eigenvalue weighted by molar-refractivity contribution is 6.58. The Morgan fingerprint density at radius 2 is 0.864 bits per heavy atom. The number of rotatable bonds is 4. The summed E-state index contributed by atoms with van der Waals surface area (Å²) < 4.78 is 0. The molecule has 0 spiro atoms. The van der Waals surface area contributed by atoms with E-state index in [1.54, 1.807) is 0 Å². The summed E-state index contributed by atoms with van der Waals surface area (Å²) >= 11 is 0. The summed E-state index contributed by atoms with van der Waals surface area (Å²) in [5, 5.41) is 21.0. The largest absolute Gasteiger partial charge is 0.488 e. The van der Waals surface area contributed by atoms with Crippen LogP contribution < -0.4 is 15.3 Å². The van der Waals surface area contributed by atoms with Crippen LogP contribution in [0.1, 0.15) is 74.9 Å². The lowest BCUT2D eigenvalue weighted by Crippen LogP contribution is -2.45. The van der Waals surface area contributed by atoms with Crippen LogP contribution in [0.3, 0.4) is 0 Å².